The SMILES string of the molecule is Cc1ccc(N(CC(=O)NN=Cc2ccc(-c3ccc(Cl)cc3Cl)o2)S(C)(=O)=O)c(C)c1. The maximum absolute atomic E-state index is 12.4. The van der Waals surface area contributed by atoms with Crippen molar-refractivity contribution in [3.8, 4) is 11.3 Å². The van der Waals surface area contributed by atoms with Crippen LogP contribution in [0.5, 0.6) is 0 Å². The van der Waals surface area contributed by atoms with Crippen LogP contribution >= 0.6 is 23.2 Å². The van der Waals surface area contributed by atoms with Crippen LogP contribution in [-0.2, 0) is 14.8 Å². The number of hydrazone groups is 1. The number of hydrogen-bond donors (Lipinski definition) is 1. The highest BCUT2D eigenvalue weighted by Gasteiger charge is 2.22. The Kier molecular flexibility index (Phi) is 7.28. The zero-order valence-electron chi connectivity index (χ0n) is 17.6. The second kappa shape index (κ2) is 9.77. The molecule has 168 valence electrons. The Balaban J connectivity index is 1.69. The van der Waals surface area contributed by atoms with E-state index in [1.54, 1.807) is 49.4 Å². The van der Waals surface area contributed by atoms with Crippen LogP contribution in [-0.4, -0.2) is 33.3 Å². The van der Waals surface area contributed by atoms with Crippen LogP contribution < -0.4 is 9.73 Å². The standard InChI is InChI=1S/C22H21Cl2N3O4S/c1-14-4-8-20(15(2)10-14)27(32(3,29)30)13-22(28)26-25-12-17-6-9-21(31-17)18-7-5-16(23)11-19(18)24/h4-12H,13H2,1-3H3,(H,26,28). The van der Waals surface area contributed by atoms with E-state index in [2.05, 4.69) is 10.5 Å². The zero-order chi connectivity index (χ0) is 23.5. The maximum Gasteiger partial charge on any atom is 0.260 e. The number of sulfonamides is 1. The zero-order valence-corrected chi connectivity index (χ0v) is 19.9. The third-order valence-electron chi connectivity index (χ3n) is 4.51. The van der Waals surface area contributed by atoms with E-state index in [0.717, 1.165) is 21.7 Å². The van der Waals surface area contributed by atoms with Crippen molar-refractivity contribution in [1.29, 1.82) is 0 Å². The summed E-state index contributed by atoms with van der Waals surface area (Å²) in [6.45, 7) is 3.28. The summed E-state index contributed by atoms with van der Waals surface area (Å²) in [6, 6.07) is 13.7. The van der Waals surface area contributed by atoms with Gasteiger partial charge in [0, 0.05) is 10.6 Å². The Morgan fingerprint density at radius 3 is 2.53 bits per heavy atom. The number of carbonyl (C=O) groups is 1. The van der Waals surface area contributed by atoms with Gasteiger partial charge in [0.05, 0.1) is 23.2 Å². The van der Waals surface area contributed by atoms with Crippen LogP contribution in [0.1, 0.15) is 16.9 Å². The van der Waals surface area contributed by atoms with Crippen LogP contribution in [0.4, 0.5) is 5.69 Å². The maximum atomic E-state index is 12.4. The first-order valence-electron chi connectivity index (χ1n) is 9.47. The summed E-state index contributed by atoms with van der Waals surface area (Å²) < 4.78 is 31.2. The average Bonchev–Trinajstić information content (AvgIpc) is 3.14. The van der Waals surface area contributed by atoms with Crippen molar-refractivity contribution in [3.63, 3.8) is 0 Å². The molecule has 1 amide bonds. The number of carbonyl (C=O) groups excluding carboxylic acids is 1. The van der Waals surface area contributed by atoms with Crippen LogP contribution in [0.25, 0.3) is 11.3 Å². The monoisotopic (exact) mass is 493 g/mol. The number of anilines is 1. The van der Waals surface area contributed by atoms with Crippen LogP contribution in [0.2, 0.25) is 10.0 Å². The van der Waals surface area contributed by atoms with E-state index in [4.69, 9.17) is 27.6 Å². The Morgan fingerprint density at radius 1 is 1.12 bits per heavy atom. The van der Waals surface area contributed by atoms with E-state index in [9.17, 15) is 13.2 Å². The molecule has 0 aliphatic rings. The van der Waals surface area contributed by atoms with Crippen LogP contribution in [0, 0.1) is 13.8 Å². The molecule has 1 aromatic heterocycles. The lowest BCUT2D eigenvalue weighted by Crippen LogP contribution is -2.39. The van der Waals surface area contributed by atoms with Crippen molar-refractivity contribution in [2.45, 2.75) is 13.8 Å². The van der Waals surface area contributed by atoms with E-state index in [-0.39, 0.29) is 0 Å². The number of amides is 1. The molecule has 10 heteroatoms. The van der Waals surface area contributed by atoms with E-state index < -0.39 is 22.5 Å². The molecule has 32 heavy (non-hydrogen) atoms. The van der Waals surface area contributed by atoms with Gasteiger partial charge in [-0.1, -0.05) is 40.9 Å². The molecule has 3 rings (SSSR count). The molecule has 0 saturated heterocycles. The smallest absolute Gasteiger partial charge is 0.260 e. The van der Waals surface area contributed by atoms with E-state index in [0.29, 0.717) is 32.8 Å². The summed E-state index contributed by atoms with van der Waals surface area (Å²) in [7, 11) is -3.68. The topological polar surface area (TPSA) is 92.0 Å². The number of halogens is 2. The fraction of sp³-hybridized carbons (Fsp3) is 0.182. The van der Waals surface area contributed by atoms with Gasteiger partial charge in [0.2, 0.25) is 10.0 Å². The molecule has 0 aliphatic heterocycles. The third kappa shape index (κ3) is 5.91. The molecule has 7 nitrogen and oxygen atoms in total. The molecule has 2 aromatic carbocycles. The average molecular weight is 494 g/mol. The molecule has 0 aliphatic carbocycles. The Morgan fingerprint density at radius 2 is 1.88 bits per heavy atom. The molecule has 0 saturated carbocycles. The van der Waals surface area contributed by atoms with Gasteiger partial charge in [-0.2, -0.15) is 5.10 Å². The quantitative estimate of drug-likeness (QED) is 0.378. The summed E-state index contributed by atoms with van der Waals surface area (Å²) in [4.78, 5) is 12.4. The molecule has 0 spiro atoms. The highest BCUT2D eigenvalue weighted by molar-refractivity contribution is 7.92. The van der Waals surface area contributed by atoms with Crippen molar-refractivity contribution in [2.75, 3.05) is 17.1 Å². The normalized spacial score (nSPS) is 11.7. The van der Waals surface area contributed by atoms with Gasteiger partial charge >= 0.3 is 0 Å². The second-order valence-corrected chi connectivity index (χ2v) is 9.93. The summed E-state index contributed by atoms with van der Waals surface area (Å²) in [5, 5.41) is 4.81. The van der Waals surface area contributed by atoms with Crippen molar-refractivity contribution in [3.05, 3.63) is 75.5 Å². The fourth-order valence-electron chi connectivity index (χ4n) is 3.06. The highest BCUT2D eigenvalue weighted by Crippen LogP contribution is 2.31. The summed E-state index contributed by atoms with van der Waals surface area (Å²) in [5.74, 6) is 0.289. The number of benzene rings is 2. The number of furan rings is 1. The Labute approximate surface area is 196 Å². The predicted molar refractivity (Wildman–Crippen MR) is 128 cm³/mol. The molecule has 0 unspecified atom stereocenters. The van der Waals surface area contributed by atoms with Gasteiger partial charge in [-0.3, -0.25) is 9.10 Å². The molecule has 0 atom stereocenters. The minimum atomic E-state index is -3.68. The number of rotatable bonds is 7. The van der Waals surface area contributed by atoms with Gasteiger partial charge in [-0.05, 0) is 55.8 Å². The van der Waals surface area contributed by atoms with Gasteiger partial charge in [0.25, 0.3) is 5.91 Å². The molecule has 1 heterocycles. The first kappa shape index (κ1) is 23.8. The van der Waals surface area contributed by atoms with Gasteiger partial charge in [0.15, 0.2) is 0 Å². The van der Waals surface area contributed by atoms with Crippen LogP contribution in [0.15, 0.2) is 58.0 Å². The second-order valence-electron chi connectivity index (χ2n) is 7.18. The van der Waals surface area contributed by atoms with Crippen molar-refractivity contribution in [1.82, 2.24) is 5.43 Å². The Bertz CT molecular complexity index is 1290. The summed E-state index contributed by atoms with van der Waals surface area (Å²) in [5.41, 5.74) is 5.16. The van der Waals surface area contributed by atoms with Gasteiger partial charge in [-0.25, -0.2) is 13.8 Å². The fourth-order valence-corrected chi connectivity index (χ4v) is 4.47. The minimum Gasteiger partial charge on any atom is -0.455 e. The summed E-state index contributed by atoms with van der Waals surface area (Å²) in [6.07, 6.45) is 2.36. The number of hydrogen-bond acceptors (Lipinski definition) is 5. The Hall–Kier alpha value is -2.81. The molecular formula is C22H21Cl2N3O4S. The number of nitrogens with zero attached hydrogens (tertiary/aromatic N) is 2. The van der Waals surface area contributed by atoms with Gasteiger partial charge in [-0.15, -0.1) is 0 Å². The van der Waals surface area contributed by atoms with E-state index in [1.165, 1.54) is 6.21 Å². The van der Waals surface area contributed by atoms with Crippen molar-refractivity contribution >= 4 is 51.0 Å². The van der Waals surface area contributed by atoms with Crippen LogP contribution in [0.3, 0.4) is 0 Å². The third-order valence-corrected chi connectivity index (χ3v) is 6.19. The lowest BCUT2D eigenvalue weighted by atomic mass is 10.1. The van der Waals surface area contributed by atoms with Crippen molar-refractivity contribution in [2.24, 2.45) is 5.10 Å². The summed E-state index contributed by atoms with van der Waals surface area (Å²) >= 11 is 12.1. The van der Waals surface area contributed by atoms with Gasteiger partial charge in [0.1, 0.15) is 18.1 Å². The largest absolute Gasteiger partial charge is 0.455 e. The molecule has 1 N–H and O–H groups in total. The first-order chi connectivity index (χ1) is 15.0. The molecule has 3 aromatic rings. The highest BCUT2D eigenvalue weighted by atomic mass is 35.5. The minimum absolute atomic E-state index is 0.376. The molecule has 0 radical (unpaired) electrons. The van der Waals surface area contributed by atoms with E-state index in [1.807, 2.05) is 13.0 Å². The lowest BCUT2D eigenvalue weighted by molar-refractivity contribution is -0.119. The lowest BCUT2D eigenvalue weighted by Gasteiger charge is -2.23. The van der Waals surface area contributed by atoms with E-state index >= 15 is 0 Å². The van der Waals surface area contributed by atoms with Crippen molar-refractivity contribution < 1.29 is 17.6 Å². The predicted octanol–water partition coefficient (Wildman–Crippen LogP) is 4.79. The van der Waals surface area contributed by atoms with Gasteiger partial charge < -0.3 is 4.42 Å². The molecular weight excluding hydrogens is 473 g/mol. The number of nitrogens with one attached hydrogen (secondary N) is 1. The number of aryl methyl sites for hydroxylation is 2. The molecule has 0 bridgehead atoms. The molecule has 0 fully saturated rings. The first-order valence-corrected chi connectivity index (χ1v) is 12.1.